The number of hydrogen-bond acceptors (Lipinski definition) is 2. The summed E-state index contributed by atoms with van der Waals surface area (Å²) in [4.78, 5) is 23.2. The molecule has 0 atom stereocenters. The first kappa shape index (κ1) is 15.8. The Kier molecular flexibility index (Phi) is 6.12. The molecule has 1 aliphatic carbocycles. The van der Waals surface area contributed by atoms with Crippen molar-refractivity contribution in [2.24, 2.45) is 5.92 Å². The molecule has 0 aromatic rings. The number of hydrogen-bond donors (Lipinski definition) is 3. The van der Waals surface area contributed by atoms with Gasteiger partial charge >= 0.3 is 12.0 Å². The maximum atomic E-state index is 11.8. The summed E-state index contributed by atoms with van der Waals surface area (Å²) in [5.41, 5.74) is -1.07. The van der Waals surface area contributed by atoms with Gasteiger partial charge < -0.3 is 15.7 Å². The van der Waals surface area contributed by atoms with E-state index in [1.807, 2.05) is 0 Å². The molecule has 0 heterocycles. The number of amides is 2. The molecule has 1 fully saturated rings. The van der Waals surface area contributed by atoms with E-state index in [-0.39, 0.29) is 6.03 Å². The van der Waals surface area contributed by atoms with Crippen molar-refractivity contribution in [2.45, 2.75) is 64.3 Å². The minimum absolute atomic E-state index is 0.354. The number of carboxylic acids is 1. The average Bonchev–Trinajstić information content (AvgIpc) is 2.37. The van der Waals surface area contributed by atoms with E-state index in [2.05, 4.69) is 24.5 Å². The van der Waals surface area contributed by atoms with Crippen LogP contribution in [0, 0.1) is 5.92 Å². The predicted molar refractivity (Wildman–Crippen MR) is 74.1 cm³/mol. The van der Waals surface area contributed by atoms with E-state index in [0.717, 1.165) is 32.1 Å². The Morgan fingerprint density at radius 1 is 1.26 bits per heavy atom. The Labute approximate surface area is 115 Å². The van der Waals surface area contributed by atoms with Crippen molar-refractivity contribution in [1.82, 2.24) is 10.6 Å². The number of nitrogens with one attached hydrogen (secondary N) is 2. The van der Waals surface area contributed by atoms with Crippen molar-refractivity contribution in [3.63, 3.8) is 0 Å². The molecule has 0 spiro atoms. The van der Waals surface area contributed by atoms with Crippen molar-refractivity contribution >= 4 is 12.0 Å². The quantitative estimate of drug-likeness (QED) is 0.649. The zero-order valence-corrected chi connectivity index (χ0v) is 12.0. The van der Waals surface area contributed by atoms with Gasteiger partial charge in [0, 0.05) is 6.54 Å². The maximum absolute atomic E-state index is 11.8. The lowest BCUT2D eigenvalue weighted by molar-refractivity contribution is -0.146. The summed E-state index contributed by atoms with van der Waals surface area (Å²) in [5, 5.41) is 14.8. The molecular weight excluding hydrogens is 244 g/mol. The summed E-state index contributed by atoms with van der Waals surface area (Å²) in [6.45, 7) is 4.82. The van der Waals surface area contributed by atoms with Crippen molar-refractivity contribution in [2.75, 3.05) is 6.54 Å². The molecule has 2 amide bonds. The molecule has 5 nitrogen and oxygen atoms in total. The summed E-state index contributed by atoms with van der Waals surface area (Å²) < 4.78 is 0. The van der Waals surface area contributed by atoms with E-state index in [0.29, 0.717) is 25.3 Å². The fraction of sp³-hybridized carbons (Fsp3) is 0.857. The molecule has 0 aliphatic heterocycles. The van der Waals surface area contributed by atoms with Crippen molar-refractivity contribution in [1.29, 1.82) is 0 Å². The number of aliphatic carboxylic acids is 1. The van der Waals surface area contributed by atoms with Gasteiger partial charge in [-0.05, 0) is 38.0 Å². The van der Waals surface area contributed by atoms with Gasteiger partial charge in [-0.3, -0.25) is 0 Å². The third kappa shape index (κ3) is 4.73. The van der Waals surface area contributed by atoms with E-state index >= 15 is 0 Å². The normalized spacial score (nSPS) is 26.7. The van der Waals surface area contributed by atoms with Crippen LogP contribution in [0.15, 0.2) is 0 Å². The highest BCUT2D eigenvalue weighted by Gasteiger charge is 2.42. The highest BCUT2D eigenvalue weighted by Crippen LogP contribution is 2.32. The van der Waals surface area contributed by atoms with Gasteiger partial charge in [-0.2, -0.15) is 0 Å². The van der Waals surface area contributed by atoms with Gasteiger partial charge in [0.15, 0.2) is 0 Å². The van der Waals surface area contributed by atoms with Crippen molar-refractivity contribution in [3.8, 4) is 0 Å². The lowest BCUT2D eigenvalue weighted by Gasteiger charge is -2.36. The number of carbonyl (C=O) groups excluding carboxylic acids is 1. The maximum Gasteiger partial charge on any atom is 0.329 e. The SMILES string of the molecule is CCCCCNC(=O)NC1(C(=O)O)CCC(C)CC1. The van der Waals surface area contributed by atoms with Gasteiger partial charge in [-0.25, -0.2) is 9.59 Å². The van der Waals surface area contributed by atoms with Gasteiger partial charge in [-0.1, -0.05) is 26.7 Å². The standard InChI is InChI=1S/C14H26N2O3/c1-3-4-5-10-15-13(19)16-14(12(17)18)8-6-11(2)7-9-14/h11H,3-10H2,1-2H3,(H,17,18)(H2,15,16,19). The van der Waals surface area contributed by atoms with E-state index in [9.17, 15) is 14.7 Å². The molecule has 1 aliphatic rings. The van der Waals surface area contributed by atoms with E-state index in [1.54, 1.807) is 0 Å². The summed E-state index contributed by atoms with van der Waals surface area (Å²) in [7, 11) is 0. The van der Waals surface area contributed by atoms with Gasteiger partial charge in [-0.15, -0.1) is 0 Å². The first-order chi connectivity index (χ1) is 9.00. The summed E-state index contributed by atoms with van der Waals surface area (Å²) >= 11 is 0. The molecule has 0 aromatic heterocycles. The van der Waals surface area contributed by atoms with Crippen LogP contribution in [0.1, 0.15) is 58.8 Å². The second kappa shape index (κ2) is 7.36. The topological polar surface area (TPSA) is 78.4 Å². The first-order valence-corrected chi connectivity index (χ1v) is 7.29. The number of rotatable bonds is 6. The Morgan fingerprint density at radius 2 is 1.89 bits per heavy atom. The van der Waals surface area contributed by atoms with Crippen LogP contribution in [-0.4, -0.2) is 29.2 Å². The number of carboxylic acid groups (broad SMARTS) is 1. The Hall–Kier alpha value is -1.26. The van der Waals surface area contributed by atoms with Crippen LogP contribution in [0.5, 0.6) is 0 Å². The van der Waals surface area contributed by atoms with Gasteiger partial charge in [0.25, 0.3) is 0 Å². The third-order valence-corrected chi connectivity index (χ3v) is 3.96. The van der Waals surface area contributed by atoms with Crippen molar-refractivity contribution < 1.29 is 14.7 Å². The lowest BCUT2D eigenvalue weighted by Crippen LogP contribution is -2.58. The molecule has 0 aromatic carbocycles. The average molecular weight is 270 g/mol. The van der Waals surface area contributed by atoms with Crippen LogP contribution in [0.4, 0.5) is 4.79 Å². The van der Waals surface area contributed by atoms with Gasteiger partial charge in [0.2, 0.25) is 0 Å². The van der Waals surface area contributed by atoms with Crippen LogP contribution >= 0.6 is 0 Å². The van der Waals surface area contributed by atoms with Crippen LogP contribution in [0.3, 0.4) is 0 Å². The van der Waals surface area contributed by atoms with E-state index in [1.165, 1.54) is 0 Å². The molecular formula is C14H26N2O3. The van der Waals surface area contributed by atoms with Gasteiger partial charge in [0.1, 0.15) is 5.54 Å². The summed E-state index contributed by atoms with van der Waals surface area (Å²) in [6.07, 6.45) is 5.84. The highest BCUT2D eigenvalue weighted by molar-refractivity contribution is 5.86. The van der Waals surface area contributed by atoms with Crippen LogP contribution < -0.4 is 10.6 Å². The monoisotopic (exact) mass is 270 g/mol. The Bertz CT molecular complexity index is 310. The van der Waals surface area contributed by atoms with Crippen LogP contribution in [-0.2, 0) is 4.79 Å². The minimum atomic E-state index is -1.07. The number of unbranched alkanes of at least 4 members (excludes halogenated alkanes) is 2. The molecule has 110 valence electrons. The zero-order chi connectivity index (χ0) is 14.3. The number of carbonyl (C=O) groups is 2. The molecule has 0 unspecified atom stereocenters. The van der Waals surface area contributed by atoms with E-state index in [4.69, 9.17) is 0 Å². The molecule has 1 rings (SSSR count). The summed E-state index contributed by atoms with van der Waals surface area (Å²) in [5.74, 6) is -0.370. The smallest absolute Gasteiger partial charge is 0.329 e. The Balaban J connectivity index is 2.45. The molecule has 0 saturated heterocycles. The third-order valence-electron chi connectivity index (χ3n) is 3.96. The Morgan fingerprint density at radius 3 is 2.42 bits per heavy atom. The lowest BCUT2D eigenvalue weighted by atomic mass is 9.77. The van der Waals surface area contributed by atoms with Crippen LogP contribution in [0.2, 0.25) is 0 Å². The zero-order valence-electron chi connectivity index (χ0n) is 12.0. The first-order valence-electron chi connectivity index (χ1n) is 7.29. The second-order valence-corrected chi connectivity index (χ2v) is 5.66. The van der Waals surface area contributed by atoms with Crippen LogP contribution in [0.25, 0.3) is 0 Å². The molecule has 1 saturated carbocycles. The largest absolute Gasteiger partial charge is 0.480 e. The van der Waals surface area contributed by atoms with Crippen molar-refractivity contribution in [3.05, 3.63) is 0 Å². The molecule has 0 bridgehead atoms. The molecule has 3 N–H and O–H groups in total. The molecule has 0 radical (unpaired) electrons. The molecule has 5 heteroatoms. The fourth-order valence-corrected chi connectivity index (χ4v) is 2.49. The highest BCUT2D eigenvalue weighted by atomic mass is 16.4. The predicted octanol–water partition coefficient (Wildman–Crippen LogP) is 2.51. The minimum Gasteiger partial charge on any atom is -0.480 e. The number of urea groups is 1. The summed E-state index contributed by atoms with van der Waals surface area (Å²) in [6, 6.07) is -0.354. The fourth-order valence-electron chi connectivity index (χ4n) is 2.49. The molecule has 19 heavy (non-hydrogen) atoms. The van der Waals surface area contributed by atoms with E-state index < -0.39 is 11.5 Å². The second-order valence-electron chi connectivity index (χ2n) is 5.66. The van der Waals surface area contributed by atoms with Gasteiger partial charge in [0.05, 0.1) is 0 Å².